The van der Waals surface area contributed by atoms with Crippen LogP contribution in [0.25, 0.3) is 0 Å². The molecule has 144 valence electrons. The Balaban J connectivity index is 1.52. The van der Waals surface area contributed by atoms with Crippen LogP contribution in [-0.2, 0) is 19.1 Å². The lowest BCUT2D eigenvalue weighted by molar-refractivity contribution is -0.158. The maximum atomic E-state index is 12.5. The van der Waals surface area contributed by atoms with Gasteiger partial charge in [0, 0.05) is 0 Å². The Morgan fingerprint density at radius 2 is 1.63 bits per heavy atom. The predicted molar refractivity (Wildman–Crippen MR) is 99.0 cm³/mol. The van der Waals surface area contributed by atoms with E-state index in [9.17, 15) is 14.4 Å². The maximum absolute atomic E-state index is 12.5. The van der Waals surface area contributed by atoms with E-state index in [0.717, 1.165) is 21.8 Å². The fraction of sp³-hybridized carbons (Fsp3) is 0.476. The van der Waals surface area contributed by atoms with Crippen LogP contribution in [0.3, 0.4) is 0 Å². The second kappa shape index (κ2) is 7.94. The zero-order valence-corrected chi connectivity index (χ0v) is 15.9. The van der Waals surface area contributed by atoms with E-state index in [1.807, 2.05) is 44.2 Å². The molecule has 0 N–H and O–H groups in total. The molecule has 1 heterocycles. The topological polar surface area (TPSA) is 72.9 Å². The van der Waals surface area contributed by atoms with E-state index in [1.165, 1.54) is 6.92 Å². The number of hydrogen-bond acceptors (Lipinski definition) is 5. The molecule has 1 aliphatic carbocycles. The molecule has 1 aromatic rings. The van der Waals surface area contributed by atoms with Crippen molar-refractivity contribution in [2.45, 2.75) is 39.7 Å². The van der Waals surface area contributed by atoms with Crippen LogP contribution in [0.1, 0.15) is 30.9 Å². The SMILES string of the molecule is Cc1cccc(C)c1OCCOC(=O)[C@H](C)N1C(=O)[C@H]2CC=CC[C@H]2C1=O. The number of para-hydroxylation sites is 1. The van der Waals surface area contributed by atoms with Gasteiger partial charge in [0.05, 0.1) is 11.8 Å². The van der Waals surface area contributed by atoms with E-state index in [4.69, 9.17) is 9.47 Å². The zero-order valence-electron chi connectivity index (χ0n) is 15.9. The zero-order chi connectivity index (χ0) is 19.6. The number of likely N-dealkylation sites (tertiary alicyclic amines) is 1. The molecule has 0 spiro atoms. The molecule has 27 heavy (non-hydrogen) atoms. The predicted octanol–water partition coefficient (Wildman–Crippen LogP) is 2.57. The Morgan fingerprint density at radius 3 is 2.19 bits per heavy atom. The summed E-state index contributed by atoms with van der Waals surface area (Å²) in [6, 6.07) is 4.94. The van der Waals surface area contributed by atoms with E-state index in [1.54, 1.807) is 0 Å². The van der Waals surface area contributed by atoms with Crippen molar-refractivity contribution in [3.8, 4) is 5.75 Å². The number of amides is 2. The van der Waals surface area contributed by atoms with Gasteiger partial charge in [0.25, 0.3) is 0 Å². The Morgan fingerprint density at radius 1 is 1.07 bits per heavy atom. The highest BCUT2D eigenvalue weighted by atomic mass is 16.6. The highest BCUT2D eigenvalue weighted by molar-refractivity contribution is 6.08. The van der Waals surface area contributed by atoms with Gasteiger partial charge in [-0.3, -0.25) is 14.5 Å². The number of imide groups is 1. The van der Waals surface area contributed by atoms with Crippen molar-refractivity contribution >= 4 is 17.8 Å². The van der Waals surface area contributed by atoms with Crippen LogP contribution >= 0.6 is 0 Å². The van der Waals surface area contributed by atoms with Gasteiger partial charge in [-0.15, -0.1) is 0 Å². The normalized spacial score (nSPS) is 22.6. The van der Waals surface area contributed by atoms with Crippen LogP contribution < -0.4 is 4.74 Å². The van der Waals surface area contributed by atoms with Crippen LogP contribution in [0.15, 0.2) is 30.4 Å². The van der Waals surface area contributed by atoms with Crippen molar-refractivity contribution < 1.29 is 23.9 Å². The maximum Gasteiger partial charge on any atom is 0.329 e. The van der Waals surface area contributed by atoms with Gasteiger partial charge >= 0.3 is 5.97 Å². The smallest absolute Gasteiger partial charge is 0.329 e. The monoisotopic (exact) mass is 371 g/mol. The number of esters is 1. The van der Waals surface area contributed by atoms with Crippen molar-refractivity contribution in [2.24, 2.45) is 11.8 Å². The summed E-state index contributed by atoms with van der Waals surface area (Å²) in [6.45, 7) is 5.71. The lowest BCUT2D eigenvalue weighted by atomic mass is 9.85. The molecule has 0 radical (unpaired) electrons. The van der Waals surface area contributed by atoms with Crippen LogP contribution in [0.4, 0.5) is 0 Å². The average Bonchev–Trinajstić information content (AvgIpc) is 2.91. The molecule has 1 aliphatic heterocycles. The highest BCUT2D eigenvalue weighted by Gasteiger charge is 2.50. The Labute approximate surface area is 159 Å². The largest absolute Gasteiger partial charge is 0.489 e. The number of carbonyl (C=O) groups excluding carboxylic acids is 3. The average molecular weight is 371 g/mol. The van der Waals surface area contributed by atoms with Gasteiger partial charge in [-0.05, 0) is 44.7 Å². The van der Waals surface area contributed by atoms with E-state index in [0.29, 0.717) is 12.8 Å². The molecule has 6 heteroatoms. The molecule has 6 nitrogen and oxygen atoms in total. The molecule has 0 saturated carbocycles. The van der Waals surface area contributed by atoms with Crippen molar-refractivity contribution in [1.82, 2.24) is 4.90 Å². The van der Waals surface area contributed by atoms with Gasteiger partial charge < -0.3 is 9.47 Å². The summed E-state index contributed by atoms with van der Waals surface area (Å²) in [6.07, 6.45) is 4.95. The molecule has 3 atom stereocenters. The summed E-state index contributed by atoms with van der Waals surface area (Å²) in [7, 11) is 0. The number of rotatable bonds is 6. The number of nitrogens with zero attached hydrogens (tertiary/aromatic N) is 1. The first-order valence-corrected chi connectivity index (χ1v) is 9.29. The second-order valence-corrected chi connectivity index (χ2v) is 7.12. The molecule has 3 rings (SSSR count). The summed E-state index contributed by atoms with van der Waals surface area (Å²) >= 11 is 0. The first kappa shape index (κ1) is 19.1. The number of carbonyl (C=O) groups is 3. The molecule has 0 aromatic heterocycles. The summed E-state index contributed by atoms with van der Waals surface area (Å²) < 4.78 is 11.0. The van der Waals surface area contributed by atoms with Crippen LogP contribution in [0, 0.1) is 25.7 Å². The third kappa shape index (κ3) is 3.75. The molecule has 1 aromatic carbocycles. The Hall–Kier alpha value is -2.63. The van der Waals surface area contributed by atoms with Crippen LogP contribution in [0.5, 0.6) is 5.75 Å². The molecule has 1 fully saturated rings. The highest BCUT2D eigenvalue weighted by Crippen LogP contribution is 2.36. The molecular weight excluding hydrogens is 346 g/mol. The summed E-state index contributed by atoms with van der Waals surface area (Å²) in [5.74, 6) is -1.04. The van der Waals surface area contributed by atoms with Crippen molar-refractivity contribution in [3.63, 3.8) is 0 Å². The van der Waals surface area contributed by atoms with Gasteiger partial charge in [-0.1, -0.05) is 30.4 Å². The first-order valence-electron chi connectivity index (χ1n) is 9.29. The molecule has 0 bridgehead atoms. The van der Waals surface area contributed by atoms with E-state index in [2.05, 4.69) is 0 Å². The minimum Gasteiger partial charge on any atom is -0.489 e. The second-order valence-electron chi connectivity index (χ2n) is 7.12. The minimum atomic E-state index is -0.921. The molecule has 2 aliphatic rings. The minimum absolute atomic E-state index is 0.0571. The van der Waals surface area contributed by atoms with Crippen molar-refractivity contribution in [1.29, 1.82) is 0 Å². The lowest BCUT2D eigenvalue weighted by Gasteiger charge is -2.21. The van der Waals surface area contributed by atoms with Crippen LogP contribution in [0.2, 0.25) is 0 Å². The summed E-state index contributed by atoms with van der Waals surface area (Å²) in [5, 5.41) is 0. The number of fused-ring (bicyclic) bond motifs is 1. The summed E-state index contributed by atoms with van der Waals surface area (Å²) in [4.78, 5) is 38.5. The van der Waals surface area contributed by atoms with Gasteiger partial charge in [-0.2, -0.15) is 0 Å². The fourth-order valence-electron chi connectivity index (χ4n) is 3.75. The number of allylic oxidation sites excluding steroid dienone is 2. The lowest BCUT2D eigenvalue weighted by Crippen LogP contribution is -2.44. The molecular formula is C21H25NO5. The quantitative estimate of drug-likeness (QED) is 0.333. The third-order valence-corrected chi connectivity index (χ3v) is 5.25. The summed E-state index contributed by atoms with van der Waals surface area (Å²) in [5.41, 5.74) is 2.03. The fourth-order valence-corrected chi connectivity index (χ4v) is 3.75. The molecule has 2 amide bonds. The van der Waals surface area contributed by atoms with Crippen molar-refractivity contribution in [2.75, 3.05) is 13.2 Å². The van der Waals surface area contributed by atoms with E-state index < -0.39 is 12.0 Å². The van der Waals surface area contributed by atoms with Crippen molar-refractivity contribution in [3.05, 3.63) is 41.5 Å². The number of aryl methyl sites for hydroxylation is 2. The molecule has 0 unspecified atom stereocenters. The Kier molecular flexibility index (Phi) is 5.63. The number of benzene rings is 1. The Bertz CT molecular complexity index is 739. The van der Waals surface area contributed by atoms with Crippen LogP contribution in [-0.4, -0.2) is 41.9 Å². The standard InChI is InChI=1S/C21H25NO5/c1-13-7-6-8-14(2)18(13)26-11-12-27-21(25)15(3)22-19(23)16-9-4-5-10-17(16)20(22)24/h4-8,15-17H,9-12H2,1-3H3/t15-,16-,17+/m0/s1. The third-order valence-electron chi connectivity index (χ3n) is 5.25. The number of ether oxygens (including phenoxy) is 2. The number of hydrogen-bond donors (Lipinski definition) is 0. The van der Waals surface area contributed by atoms with Gasteiger partial charge in [0.1, 0.15) is 25.0 Å². The first-order chi connectivity index (χ1) is 12.9. The van der Waals surface area contributed by atoms with Gasteiger partial charge in [0.2, 0.25) is 11.8 Å². The van der Waals surface area contributed by atoms with Gasteiger partial charge in [0.15, 0.2) is 0 Å². The molecule has 1 saturated heterocycles. The van der Waals surface area contributed by atoms with Gasteiger partial charge in [-0.25, -0.2) is 4.79 Å². The van der Waals surface area contributed by atoms with E-state index >= 15 is 0 Å². The van der Waals surface area contributed by atoms with E-state index in [-0.39, 0.29) is 36.9 Å².